The Hall–Kier alpha value is -3.99. The maximum absolute atomic E-state index is 14.0. The fourth-order valence-corrected chi connectivity index (χ4v) is 7.08. The first-order chi connectivity index (χ1) is 20.5. The number of thioether (sulfide) groups is 1. The highest BCUT2D eigenvalue weighted by molar-refractivity contribution is 8.00. The van der Waals surface area contributed by atoms with Crippen LogP contribution in [0.25, 0.3) is 5.69 Å². The Bertz CT molecular complexity index is 1590. The fourth-order valence-electron chi connectivity index (χ4n) is 5.89. The molecule has 11 heteroatoms. The molecule has 0 N–H and O–H groups in total. The number of benzene rings is 2. The molecule has 0 saturated carbocycles. The number of carbonyl (C=O) groups excluding carboxylic acids is 3. The van der Waals surface area contributed by atoms with Crippen LogP contribution in [0, 0.1) is 6.92 Å². The van der Waals surface area contributed by atoms with E-state index < -0.39 is 0 Å². The molecule has 0 bridgehead atoms. The van der Waals surface area contributed by atoms with Crippen molar-refractivity contribution in [1.29, 1.82) is 0 Å². The van der Waals surface area contributed by atoms with E-state index in [4.69, 9.17) is 14.6 Å². The van der Waals surface area contributed by atoms with Crippen molar-refractivity contribution in [3.05, 3.63) is 64.8 Å². The lowest BCUT2D eigenvalue weighted by Gasteiger charge is -2.35. The molecule has 4 heterocycles. The molecule has 3 aliphatic rings. The number of carbonyl (C=O) groups is 3. The number of ether oxygens (including phenoxy) is 2. The van der Waals surface area contributed by atoms with Gasteiger partial charge in [0.2, 0.25) is 24.5 Å². The number of aryl methyl sites for hydroxylation is 1. The summed E-state index contributed by atoms with van der Waals surface area (Å²) in [5, 5.41) is 4.97. The van der Waals surface area contributed by atoms with E-state index in [9.17, 15) is 14.4 Å². The number of piperazine rings is 1. The predicted molar refractivity (Wildman–Crippen MR) is 165 cm³/mol. The molecular formula is C32H37N5O5S. The molecule has 1 saturated heterocycles. The molecule has 6 rings (SSSR count). The molecule has 1 unspecified atom stereocenters. The molecule has 1 aromatic heterocycles. The van der Waals surface area contributed by atoms with Gasteiger partial charge in [0.15, 0.2) is 11.5 Å². The van der Waals surface area contributed by atoms with Gasteiger partial charge in [-0.05, 0) is 36.2 Å². The largest absolute Gasteiger partial charge is 0.454 e. The quantitative estimate of drug-likeness (QED) is 0.444. The predicted octanol–water partition coefficient (Wildman–Crippen LogP) is 4.07. The lowest BCUT2D eigenvalue weighted by atomic mass is 9.87. The van der Waals surface area contributed by atoms with Crippen molar-refractivity contribution in [1.82, 2.24) is 19.6 Å². The second-order valence-electron chi connectivity index (χ2n) is 12.2. The van der Waals surface area contributed by atoms with Crippen molar-refractivity contribution in [2.45, 2.75) is 45.3 Å². The average molecular weight is 604 g/mol. The van der Waals surface area contributed by atoms with E-state index in [0.29, 0.717) is 43.5 Å². The zero-order valence-electron chi connectivity index (χ0n) is 25.3. The van der Waals surface area contributed by atoms with Crippen LogP contribution in [0.1, 0.15) is 55.3 Å². The minimum absolute atomic E-state index is 0.00265. The highest BCUT2D eigenvalue weighted by atomic mass is 32.2. The van der Waals surface area contributed by atoms with Crippen molar-refractivity contribution in [3.8, 4) is 17.2 Å². The van der Waals surface area contributed by atoms with Gasteiger partial charge in [0.25, 0.3) is 0 Å². The molecule has 226 valence electrons. The Morgan fingerprint density at radius 2 is 1.70 bits per heavy atom. The third-order valence-electron chi connectivity index (χ3n) is 8.21. The summed E-state index contributed by atoms with van der Waals surface area (Å²) in [4.78, 5) is 44.8. The van der Waals surface area contributed by atoms with Gasteiger partial charge in [-0.15, -0.1) is 11.8 Å². The molecule has 1 atom stereocenters. The second kappa shape index (κ2) is 11.3. The van der Waals surface area contributed by atoms with Crippen LogP contribution in [0.4, 0.5) is 5.82 Å². The van der Waals surface area contributed by atoms with Gasteiger partial charge in [0, 0.05) is 44.1 Å². The van der Waals surface area contributed by atoms with Gasteiger partial charge in [-0.1, -0.05) is 45.0 Å². The second-order valence-corrected chi connectivity index (χ2v) is 13.3. The van der Waals surface area contributed by atoms with E-state index in [1.165, 1.54) is 11.8 Å². The molecule has 2 aromatic carbocycles. The summed E-state index contributed by atoms with van der Waals surface area (Å²) in [6.45, 7) is 11.8. The Morgan fingerprint density at radius 1 is 1.00 bits per heavy atom. The summed E-state index contributed by atoms with van der Waals surface area (Å²) < 4.78 is 13.1. The maximum Gasteiger partial charge on any atom is 0.242 e. The molecule has 0 aliphatic carbocycles. The van der Waals surface area contributed by atoms with E-state index in [-0.39, 0.29) is 47.5 Å². The summed E-state index contributed by atoms with van der Waals surface area (Å²) in [7, 11) is 0. The van der Waals surface area contributed by atoms with Gasteiger partial charge >= 0.3 is 0 Å². The Labute approximate surface area is 255 Å². The lowest BCUT2D eigenvalue weighted by molar-refractivity contribution is -0.137. The Kier molecular flexibility index (Phi) is 7.62. The zero-order valence-corrected chi connectivity index (χ0v) is 26.1. The van der Waals surface area contributed by atoms with E-state index in [1.807, 2.05) is 54.1 Å². The summed E-state index contributed by atoms with van der Waals surface area (Å²) >= 11 is 1.54. The first kappa shape index (κ1) is 29.1. The molecular weight excluding hydrogens is 566 g/mol. The van der Waals surface area contributed by atoms with Crippen LogP contribution in [0.2, 0.25) is 0 Å². The smallest absolute Gasteiger partial charge is 0.242 e. The number of fused-ring (bicyclic) bond motifs is 2. The lowest BCUT2D eigenvalue weighted by Crippen LogP contribution is -2.53. The normalized spacial score (nSPS) is 18.5. The number of hydrogen-bond donors (Lipinski definition) is 0. The van der Waals surface area contributed by atoms with Crippen molar-refractivity contribution < 1.29 is 23.9 Å². The third-order valence-corrected chi connectivity index (χ3v) is 9.47. The van der Waals surface area contributed by atoms with E-state index in [2.05, 4.69) is 20.8 Å². The van der Waals surface area contributed by atoms with Crippen LogP contribution < -0.4 is 14.4 Å². The minimum atomic E-state index is -0.362. The number of amides is 3. The van der Waals surface area contributed by atoms with Crippen LogP contribution in [0.15, 0.2) is 42.5 Å². The SMILES string of the molecule is CC(=O)N1CCN(C(=O)CN2C(=O)CSC(c3ccc4c(c3)OCO4)c3c(C(C)(C)C)nn(-c4ccccc4C)c32)CC1. The Morgan fingerprint density at radius 3 is 2.40 bits per heavy atom. The van der Waals surface area contributed by atoms with Crippen molar-refractivity contribution in [2.24, 2.45) is 0 Å². The Balaban J connectivity index is 1.49. The average Bonchev–Trinajstić information content (AvgIpc) is 3.58. The minimum Gasteiger partial charge on any atom is -0.454 e. The highest BCUT2D eigenvalue weighted by Crippen LogP contribution is 2.50. The van der Waals surface area contributed by atoms with Gasteiger partial charge < -0.3 is 19.3 Å². The highest BCUT2D eigenvalue weighted by Gasteiger charge is 2.41. The molecule has 3 aromatic rings. The summed E-state index contributed by atoms with van der Waals surface area (Å²) in [5.41, 5.74) is 4.25. The number of aromatic nitrogens is 2. The van der Waals surface area contributed by atoms with Crippen molar-refractivity contribution in [2.75, 3.05) is 50.2 Å². The molecule has 0 spiro atoms. The van der Waals surface area contributed by atoms with Crippen LogP contribution >= 0.6 is 11.8 Å². The standard InChI is InChI=1S/C32H37N5O5S/c1-20-8-6-7-9-23(20)37-31-28(30(33-37)32(3,4)5)29(22-10-11-24-25(16-22)42-19-41-24)43-18-27(40)36(31)17-26(39)35-14-12-34(13-15-35)21(2)38/h6-11,16,29H,12-15,17-19H2,1-5H3. The van der Waals surface area contributed by atoms with E-state index in [0.717, 1.165) is 28.1 Å². The van der Waals surface area contributed by atoms with Crippen LogP contribution in [0.3, 0.4) is 0 Å². The van der Waals surface area contributed by atoms with Gasteiger partial charge in [0.1, 0.15) is 12.4 Å². The first-order valence-electron chi connectivity index (χ1n) is 14.6. The third kappa shape index (κ3) is 5.46. The summed E-state index contributed by atoms with van der Waals surface area (Å²) in [6, 6.07) is 13.9. The number of nitrogens with zero attached hydrogens (tertiary/aromatic N) is 5. The molecule has 0 radical (unpaired) electrons. The van der Waals surface area contributed by atoms with Crippen LogP contribution in [0.5, 0.6) is 11.5 Å². The topological polar surface area (TPSA) is 97.2 Å². The molecule has 3 aliphatic heterocycles. The number of rotatable bonds is 4. The summed E-state index contributed by atoms with van der Waals surface area (Å²) in [6.07, 6.45) is 0. The van der Waals surface area contributed by atoms with E-state index >= 15 is 0 Å². The van der Waals surface area contributed by atoms with Gasteiger partial charge in [-0.2, -0.15) is 5.10 Å². The number of hydrogen-bond acceptors (Lipinski definition) is 7. The zero-order chi connectivity index (χ0) is 30.5. The number of para-hydroxylation sites is 1. The van der Waals surface area contributed by atoms with E-state index in [1.54, 1.807) is 21.6 Å². The molecule has 1 fully saturated rings. The van der Waals surface area contributed by atoms with Crippen molar-refractivity contribution in [3.63, 3.8) is 0 Å². The van der Waals surface area contributed by atoms with Gasteiger partial charge in [-0.3, -0.25) is 19.3 Å². The van der Waals surface area contributed by atoms with Crippen LogP contribution in [-0.4, -0.2) is 82.6 Å². The van der Waals surface area contributed by atoms with Gasteiger partial charge in [-0.25, -0.2) is 4.68 Å². The van der Waals surface area contributed by atoms with Gasteiger partial charge in [0.05, 0.1) is 22.4 Å². The van der Waals surface area contributed by atoms with Crippen molar-refractivity contribution >= 4 is 35.3 Å². The number of anilines is 1. The maximum atomic E-state index is 14.0. The molecule has 3 amide bonds. The monoisotopic (exact) mass is 603 g/mol. The summed E-state index contributed by atoms with van der Waals surface area (Å²) in [5.74, 6) is 1.88. The fraction of sp³-hybridized carbons (Fsp3) is 0.438. The van der Waals surface area contributed by atoms with Crippen LogP contribution in [-0.2, 0) is 19.8 Å². The first-order valence-corrected chi connectivity index (χ1v) is 15.6. The molecule has 43 heavy (non-hydrogen) atoms. The molecule has 10 nitrogen and oxygen atoms in total.